The number of rotatable bonds is 11. The zero-order chi connectivity index (χ0) is 23.8. The summed E-state index contributed by atoms with van der Waals surface area (Å²) >= 11 is 1.14. The summed E-state index contributed by atoms with van der Waals surface area (Å²) in [7, 11) is 3.14. The number of aryl methyl sites for hydroxylation is 1. The van der Waals surface area contributed by atoms with E-state index in [4.69, 9.17) is 14.2 Å². The lowest BCUT2D eigenvalue weighted by molar-refractivity contribution is -0.145. The predicted octanol–water partition coefficient (Wildman–Crippen LogP) is 3.27. The van der Waals surface area contributed by atoms with Crippen LogP contribution >= 0.6 is 11.8 Å². The molecule has 0 atom stereocenters. The number of thioether (sulfide) groups is 1. The van der Waals surface area contributed by atoms with E-state index in [-0.39, 0.29) is 30.1 Å². The summed E-state index contributed by atoms with van der Waals surface area (Å²) in [5, 5.41) is 0.934. The van der Waals surface area contributed by atoms with Gasteiger partial charge >= 0.3 is 5.97 Å². The Hall–Kier alpha value is -3.33. The Morgan fingerprint density at radius 1 is 1.06 bits per heavy atom. The van der Waals surface area contributed by atoms with Gasteiger partial charge in [-0.2, -0.15) is 0 Å². The van der Waals surface area contributed by atoms with Gasteiger partial charge in [0.15, 0.2) is 22.4 Å². The van der Waals surface area contributed by atoms with E-state index < -0.39 is 5.97 Å². The number of hydrogen-bond acceptors (Lipinski definition) is 8. The Labute approximate surface area is 195 Å². The van der Waals surface area contributed by atoms with Gasteiger partial charge in [0.2, 0.25) is 0 Å². The molecule has 0 bridgehead atoms. The second kappa shape index (κ2) is 11.5. The maximum Gasteiger partial charge on any atom is 0.313 e. The third-order valence-electron chi connectivity index (χ3n) is 4.91. The number of ketones is 1. The molecule has 0 N–H and O–H groups in total. The Kier molecular flexibility index (Phi) is 8.48. The van der Waals surface area contributed by atoms with Gasteiger partial charge in [-0.15, -0.1) is 0 Å². The average molecular weight is 471 g/mol. The molecular weight excluding hydrogens is 444 g/mol. The number of methoxy groups -OCH3 is 2. The van der Waals surface area contributed by atoms with E-state index >= 15 is 0 Å². The Bertz CT molecular complexity index is 1210. The summed E-state index contributed by atoms with van der Waals surface area (Å²) in [6, 6.07) is 12.7. The number of para-hydroxylation sites is 1. The number of esters is 1. The molecule has 0 spiro atoms. The molecule has 0 radical (unpaired) electrons. The van der Waals surface area contributed by atoms with Gasteiger partial charge in [0.1, 0.15) is 6.42 Å². The second-order valence-electron chi connectivity index (χ2n) is 7.12. The molecule has 1 aromatic heterocycles. The van der Waals surface area contributed by atoms with Crippen molar-refractivity contribution in [3.8, 4) is 11.5 Å². The van der Waals surface area contributed by atoms with Crippen molar-refractivity contribution < 1.29 is 23.8 Å². The highest BCUT2D eigenvalue weighted by Crippen LogP contribution is 2.28. The van der Waals surface area contributed by atoms with E-state index in [9.17, 15) is 14.4 Å². The highest BCUT2D eigenvalue weighted by atomic mass is 32.2. The summed E-state index contributed by atoms with van der Waals surface area (Å²) in [5.74, 6) is 0.410. The molecule has 174 valence electrons. The minimum atomic E-state index is -0.555. The molecule has 9 heteroatoms. The van der Waals surface area contributed by atoms with E-state index in [1.807, 2.05) is 24.3 Å². The first-order valence-electron chi connectivity index (χ1n) is 10.5. The molecular formula is C24H26N2O6S. The summed E-state index contributed by atoms with van der Waals surface area (Å²) in [6.07, 6.45) is 0.245. The summed E-state index contributed by atoms with van der Waals surface area (Å²) < 4.78 is 17.0. The molecule has 0 saturated carbocycles. The maximum absolute atomic E-state index is 13.2. The molecule has 33 heavy (non-hydrogen) atoms. The molecule has 0 amide bonds. The molecule has 0 aliphatic carbocycles. The number of aromatic nitrogens is 2. The fraction of sp³-hybridized carbons (Fsp3) is 0.333. The lowest BCUT2D eigenvalue weighted by atomic mass is 10.1. The Morgan fingerprint density at radius 2 is 1.82 bits per heavy atom. The van der Waals surface area contributed by atoms with E-state index in [0.29, 0.717) is 40.5 Å². The second-order valence-corrected chi connectivity index (χ2v) is 8.06. The van der Waals surface area contributed by atoms with Crippen LogP contribution in [-0.4, -0.2) is 47.9 Å². The Balaban J connectivity index is 1.85. The number of benzene rings is 2. The molecule has 8 nitrogen and oxygen atoms in total. The number of fused-ring (bicyclic) bond motifs is 1. The molecule has 0 aliphatic rings. The lowest BCUT2D eigenvalue weighted by Crippen LogP contribution is -2.25. The van der Waals surface area contributed by atoms with Crippen molar-refractivity contribution in [2.45, 2.75) is 31.5 Å². The van der Waals surface area contributed by atoms with Gasteiger partial charge < -0.3 is 14.2 Å². The highest BCUT2D eigenvalue weighted by Gasteiger charge is 2.16. The molecule has 1 heterocycles. The van der Waals surface area contributed by atoms with Gasteiger partial charge in [-0.05, 0) is 43.2 Å². The van der Waals surface area contributed by atoms with Crippen molar-refractivity contribution in [3.63, 3.8) is 0 Å². The van der Waals surface area contributed by atoms with Gasteiger partial charge in [0.25, 0.3) is 5.56 Å². The van der Waals surface area contributed by atoms with Crippen LogP contribution in [0.1, 0.15) is 18.9 Å². The van der Waals surface area contributed by atoms with Gasteiger partial charge in [-0.3, -0.25) is 19.0 Å². The topological polar surface area (TPSA) is 96.7 Å². The molecule has 0 fully saturated rings. The van der Waals surface area contributed by atoms with Crippen LogP contribution in [0.25, 0.3) is 10.9 Å². The first kappa shape index (κ1) is 24.3. The highest BCUT2D eigenvalue weighted by molar-refractivity contribution is 7.99. The number of carbonyl (C=O) groups excluding carboxylic acids is 2. The Morgan fingerprint density at radius 3 is 2.55 bits per heavy atom. The minimum Gasteiger partial charge on any atom is -0.493 e. The summed E-state index contributed by atoms with van der Waals surface area (Å²) in [5.41, 5.74) is 1.34. The van der Waals surface area contributed by atoms with Crippen LogP contribution in [0.4, 0.5) is 0 Å². The van der Waals surface area contributed by atoms with Gasteiger partial charge in [-0.1, -0.05) is 30.0 Å². The fourth-order valence-electron chi connectivity index (χ4n) is 3.30. The summed E-state index contributed by atoms with van der Waals surface area (Å²) in [6.45, 7) is 2.27. The SMILES string of the molecule is CCOC(=O)CC(=O)CSc1nc2ccccc2c(=O)n1CCc1ccc(OC)c(OC)c1. The fourth-order valence-corrected chi connectivity index (χ4v) is 4.19. The third-order valence-corrected chi connectivity index (χ3v) is 5.94. The molecule has 0 aliphatic heterocycles. The number of carbonyl (C=O) groups is 2. The van der Waals surface area contributed by atoms with Crippen molar-refractivity contribution in [2.24, 2.45) is 0 Å². The number of hydrogen-bond donors (Lipinski definition) is 0. The smallest absolute Gasteiger partial charge is 0.313 e. The van der Waals surface area contributed by atoms with Crippen molar-refractivity contribution in [3.05, 3.63) is 58.4 Å². The van der Waals surface area contributed by atoms with Crippen LogP contribution in [-0.2, 0) is 27.3 Å². The molecule has 3 aromatic rings. The normalized spacial score (nSPS) is 10.8. The largest absolute Gasteiger partial charge is 0.493 e. The van der Waals surface area contributed by atoms with Crippen LogP contribution in [0.2, 0.25) is 0 Å². The average Bonchev–Trinajstić information content (AvgIpc) is 2.82. The van der Waals surface area contributed by atoms with Gasteiger partial charge in [0, 0.05) is 6.54 Å². The van der Waals surface area contributed by atoms with Crippen molar-refractivity contribution >= 4 is 34.4 Å². The molecule has 0 saturated heterocycles. The zero-order valence-electron chi connectivity index (χ0n) is 18.8. The number of nitrogens with zero attached hydrogens (tertiary/aromatic N) is 2. The number of Topliss-reactive ketones (excluding diaryl/α,β-unsaturated/α-hetero) is 1. The standard InChI is InChI=1S/C24H26N2O6S/c1-4-32-22(28)14-17(27)15-33-24-25-19-8-6-5-7-18(19)23(29)26(24)12-11-16-9-10-20(30-2)21(13-16)31-3/h5-10,13H,4,11-12,14-15H2,1-3H3. The van der Waals surface area contributed by atoms with Gasteiger partial charge in [0.05, 0.1) is 37.5 Å². The van der Waals surface area contributed by atoms with Crippen molar-refractivity contribution in [1.29, 1.82) is 0 Å². The monoisotopic (exact) mass is 470 g/mol. The van der Waals surface area contributed by atoms with Crippen LogP contribution in [0, 0.1) is 0 Å². The van der Waals surface area contributed by atoms with Crippen LogP contribution < -0.4 is 15.0 Å². The van der Waals surface area contributed by atoms with Crippen LogP contribution in [0.15, 0.2) is 52.4 Å². The summed E-state index contributed by atoms with van der Waals surface area (Å²) in [4.78, 5) is 41.6. The van der Waals surface area contributed by atoms with Crippen molar-refractivity contribution in [1.82, 2.24) is 9.55 Å². The zero-order valence-corrected chi connectivity index (χ0v) is 19.6. The van der Waals surface area contributed by atoms with Crippen molar-refractivity contribution in [2.75, 3.05) is 26.6 Å². The maximum atomic E-state index is 13.2. The van der Waals surface area contributed by atoms with E-state index in [0.717, 1.165) is 17.3 Å². The molecule has 0 unspecified atom stereocenters. The minimum absolute atomic E-state index is 0.0138. The van der Waals surface area contributed by atoms with Crippen LogP contribution in [0.5, 0.6) is 11.5 Å². The first-order valence-corrected chi connectivity index (χ1v) is 11.5. The van der Waals surface area contributed by atoms with E-state index in [2.05, 4.69) is 4.98 Å². The molecule has 3 rings (SSSR count). The quantitative estimate of drug-likeness (QED) is 0.182. The lowest BCUT2D eigenvalue weighted by Gasteiger charge is -2.14. The van der Waals surface area contributed by atoms with E-state index in [1.165, 1.54) is 0 Å². The predicted molar refractivity (Wildman–Crippen MR) is 126 cm³/mol. The molecule has 2 aromatic carbocycles. The van der Waals surface area contributed by atoms with Gasteiger partial charge in [-0.25, -0.2) is 4.98 Å². The van der Waals surface area contributed by atoms with E-state index in [1.54, 1.807) is 43.9 Å². The first-order chi connectivity index (χ1) is 16.0. The number of ether oxygens (including phenoxy) is 3. The third kappa shape index (κ3) is 6.13. The van der Waals surface area contributed by atoms with Crippen LogP contribution in [0.3, 0.4) is 0 Å².